The fourth-order valence-corrected chi connectivity index (χ4v) is 2.69. The lowest BCUT2D eigenvalue weighted by molar-refractivity contribution is -0.117. The van der Waals surface area contributed by atoms with Crippen LogP contribution in [0, 0.1) is 6.92 Å². The first-order chi connectivity index (χ1) is 11.9. The molecular formula is C18H21N3O3S. The molecule has 0 aliphatic rings. The van der Waals surface area contributed by atoms with Gasteiger partial charge in [-0.1, -0.05) is 19.1 Å². The monoisotopic (exact) mass is 359 g/mol. The van der Waals surface area contributed by atoms with Crippen molar-refractivity contribution < 1.29 is 14.4 Å². The topological polar surface area (TPSA) is 87.3 Å². The number of hydrogen-bond donors (Lipinski definition) is 3. The van der Waals surface area contributed by atoms with Gasteiger partial charge in [-0.05, 0) is 43.0 Å². The lowest BCUT2D eigenvalue weighted by Gasteiger charge is -2.16. The quantitative estimate of drug-likeness (QED) is 0.740. The molecule has 0 bridgehead atoms. The Bertz CT molecular complexity index is 772. The molecule has 0 saturated heterocycles. The van der Waals surface area contributed by atoms with Gasteiger partial charge in [-0.25, -0.2) is 0 Å². The van der Waals surface area contributed by atoms with Crippen LogP contribution in [-0.4, -0.2) is 23.8 Å². The number of anilines is 2. The van der Waals surface area contributed by atoms with Gasteiger partial charge < -0.3 is 16.0 Å². The van der Waals surface area contributed by atoms with E-state index in [1.54, 1.807) is 43.5 Å². The second-order valence-corrected chi connectivity index (χ2v) is 6.54. The van der Waals surface area contributed by atoms with E-state index >= 15 is 0 Å². The summed E-state index contributed by atoms with van der Waals surface area (Å²) in [5.41, 5.74) is 2.07. The maximum Gasteiger partial charge on any atom is 0.261 e. The molecule has 1 atom stereocenters. The zero-order valence-corrected chi connectivity index (χ0v) is 15.2. The number of carbonyl (C=O) groups excluding carboxylic acids is 3. The minimum atomic E-state index is -0.692. The molecule has 0 aliphatic heterocycles. The number of nitrogens with one attached hydrogen (secondary N) is 3. The van der Waals surface area contributed by atoms with Gasteiger partial charge >= 0.3 is 0 Å². The van der Waals surface area contributed by atoms with Gasteiger partial charge in [0, 0.05) is 17.8 Å². The third-order valence-corrected chi connectivity index (χ3v) is 4.45. The van der Waals surface area contributed by atoms with Crippen molar-refractivity contribution in [3.8, 4) is 0 Å². The molecule has 6 nitrogen and oxygen atoms in total. The van der Waals surface area contributed by atoms with Gasteiger partial charge in [0.25, 0.3) is 5.91 Å². The van der Waals surface area contributed by atoms with E-state index in [9.17, 15) is 14.4 Å². The van der Waals surface area contributed by atoms with E-state index in [0.29, 0.717) is 22.7 Å². The van der Waals surface area contributed by atoms with E-state index in [4.69, 9.17) is 0 Å². The fraction of sp³-hybridized carbons (Fsp3) is 0.278. The molecule has 0 saturated carbocycles. The second kappa shape index (κ2) is 8.43. The number of amides is 3. The Morgan fingerprint density at radius 3 is 2.56 bits per heavy atom. The Hall–Kier alpha value is -2.67. The molecule has 132 valence electrons. The minimum absolute atomic E-state index is 0.0993. The van der Waals surface area contributed by atoms with Crippen LogP contribution in [0.15, 0.2) is 35.7 Å². The van der Waals surface area contributed by atoms with Crippen molar-refractivity contribution in [1.82, 2.24) is 5.32 Å². The summed E-state index contributed by atoms with van der Waals surface area (Å²) in [6.07, 6.45) is 0.376. The molecule has 3 amide bonds. The first-order valence-corrected chi connectivity index (χ1v) is 8.84. The molecular weight excluding hydrogens is 338 g/mol. The van der Waals surface area contributed by atoms with E-state index in [2.05, 4.69) is 16.0 Å². The second-order valence-electron chi connectivity index (χ2n) is 5.59. The van der Waals surface area contributed by atoms with Crippen molar-refractivity contribution in [2.24, 2.45) is 0 Å². The van der Waals surface area contributed by atoms with Crippen molar-refractivity contribution in [3.05, 3.63) is 46.2 Å². The number of benzene rings is 1. The molecule has 0 fully saturated rings. The van der Waals surface area contributed by atoms with Gasteiger partial charge in [0.15, 0.2) is 0 Å². The molecule has 0 spiro atoms. The molecule has 7 heteroatoms. The van der Waals surface area contributed by atoms with Crippen molar-refractivity contribution in [3.63, 3.8) is 0 Å². The van der Waals surface area contributed by atoms with Crippen LogP contribution in [0.25, 0.3) is 0 Å². The van der Waals surface area contributed by atoms with Crippen LogP contribution in [0.3, 0.4) is 0 Å². The summed E-state index contributed by atoms with van der Waals surface area (Å²) in [7, 11) is 0. The first kappa shape index (κ1) is 18.7. The molecule has 0 aliphatic carbocycles. The zero-order chi connectivity index (χ0) is 18.4. The summed E-state index contributed by atoms with van der Waals surface area (Å²) in [5, 5.41) is 10.0. The summed E-state index contributed by atoms with van der Waals surface area (Å²) in [5.74, 6) is -0.706. The van der Waals surface area contributed by atoms with Gasteiger partial charge in [0.05, 0.1) is 4.88 Å². The van der Waals surface area contributed by atoms with E-state index in [1.165, 1.54) is 11.3 Å². The highest BCUT2D eigenvalue weighted by Gasteiger charge is 2.18. The number of rotatable bonds is 6. The summed E-state index contributed by atoms with van der Waals surface area (Å²) in [6.45, 7) is 5.25. The standard InChI is InChI=1S/C18H21N3O3S/c1-4-16(22)20-13-8-7-11(2)14(10-13)21-17(23)12(3)19-18(24)15-6-5-9-25-15/h5-10,12H,4H2,1-3H3,(H,19,24)(H,20,22)(H,21,23). The maximum atomic E-state index is 12.3. The van der Waals surface area contributed by atoms with Crippen LogP contribution in [0.4, 0.5) is 11.4 Å². The zero-order valence-electron chi connectivity index (χ0n) is 14.4. The Labute approximate surface area is 150 Å². The summed E-state index contributed by atoms with van der Waals surface area (Å²) in [6, 6.07) is 8.09. The Morgan fingerprint density at radius 2 is 1.92 bits per heavy atom. The van der Waals surface area contributed by atoms with E-state index in [1.807, 2.05) is 13.0 Å². The van der Waals surface area contributed by atoms with Crippen LogP contribution in [-0.2, 0) is 9.59 Å². The Balaban J connectivity index is 2.02. The first-order valence-electron chi connectivity index (χ1n) is 7.96. The average molecular weight is 359 g/mol. The van der Waals surface area contributed by atoms with Gasteiger partial charge in [-0.3, -0.25) is 14.4 Å². The van der Waals surface area contributed by atoms with Gasteiger partial charge in [0.1, 0.15) is 6.04 Å². The largest absolute Gasteiger partial charge is 0.340 e. The number of thiophene rings is 1. The third-order valence-electron chi connectivity index (χ3n) is 3.59. The molecule has 1 heterocycles. The van der Waals surface area contributed by atoms with E-state index in [-0.39, 0.29) is 17.7 Å². The highest BCUT2D eigenvalue weighted by molar-refractivity contribution is 7.12. The lowest BCUT2D eigenvalue weighted by Crippen LogP contribution is -2.41. The van der Waals surface area contributed by atoms with Gasteiger partial charge in [-0.2, -0.15) is 0 Å². The summed E-state index contributed by atoms with van der Waals surface area (Å²) < 4.78 is 0. The minimum Gasteiger partial charge on any atom is -0.340 e. The smallest absolute Gasteiger partial charge is 0.261 e. The highest BCUT2D eigenvalue weighted by Crippen LogP contribution is 2.20. The van der Waals surface area contributed by atoms with Crippen molar-refractivity contribution in [1.29, 1.82) is 0 Å². The highest BCUT2D eigenvalue weighted by atomic mass is 32.1. The SMILES string of the molecule is CCC(=O)Nc1ccc(C)c(NC(=O)C(C)NC(=O)c2cccs2)c1. The third kappa shape index (κ3) is 5.15. The van der Waals surface area contributed by atoms with Crippen LogP contribution in [0.2, 0.25) is 0 Å². The molecule has 25 heavy (non-hydrogen) atoms. The fourth-order valence-electron chi connectivity index (χ4n) is 2.07. The predicted molar refractivity (Wildman–Crippen MR) is 100.0 cm³/mol. The van der Waals surface area contributed by atoms with Gasteiger partial charge in [-0.15, -0.1) is 11.3 Å². The number of carbonyl (C=O) groups is 3. The van der Waals surface area contributed by atoms with Crippen LogP contribution in [0.1, 0.15) is 35.5 Å². The summed E-state index contributed by atoms with van der Waals surface area (Å²) >= 11 is 1.32. The average Bonchev–Trinajstić information content (AvgIpc) is 3.12. The molecule has 0 radical (unpaired) electrons. The lowest BCUT2D eigenvalue weighted by atomic mass is 10.1. The van der Waals surface area contributed by atoms with Crippen molar-refractivity contribution >= 4 is 40.4 Å². The van der Waals surface area contributed by atoms with Gasteiger partial charge in [0.2, 0.25) is 11.8 Å². The molecule has 1 aromatic heterocycles. The maximum absolute atomic E-state index is 12.3. The predicted octanol–water partition coefficient (Wildman–Crippen LogP) is 3.16. The molecule has 2 rings (SSSR count). The Morgan fingerprint density at radius 1 is 1.16 bits per heavy atom. The molecule has 1 aromatic carbocycles. The van der Waals surface area contributed by atoms with E-state index < -0.39 is 6.04 Å². The number of hydrogen-bond acceptors (Lipinski definition) is 4. The molecule has 2 aromatic rings. The molecule has 3 N–H and O–H groups in total. The van der Waals surface area contributed by atoms with Crippen LogP contribution >= 0.6 is 11.3 Å². The van der Waals surface area contributed by atoms with Crippen molar-refractivity contribution in [2.45, 2.75) is 33.2 Å². The Kier molecular flexibility index (Phi) is 6.30. The summed E-state index contributed by atoms with van der Waals surface area (Å²) in [4.78, 5) is 36.4. The van der Waals surface area contributed by atoms with Crippen molar-refractivity contribution in [2.75, 3.05) is 10.6 Å². The van der Waals surface area contributed by atoms with Crippen LogP contribution < -0.4 is 16.0 Å². The van der Waals surface area contributed by atoms with E-state index in [0.717, 1.165) is 5.56 Å². The molecule has 1 unspecified atom stereocenters. The normalized spacial score (nSPS) is 11.5. The van der Waals surface area contributed by atoms with Crippen LogP contribution in [0.5, 0.6) is 0 Å². The number of aryl methyl sites for hydroxylation is 1.